The summed E-state index contributed by atoms with van der Waals surface area (Å²) in [6.07, 6.45) is 11.7. The lowest BCUT2D eigenvalue weighted by molar-refractivity contribution is 0.493. The summed E-state index contributed by atoms with van der Waals surface area (Å²) in [4.78, 5) is 0. The Morgan fingerprint density at radius 3 is 2.24 bits per heavy atom. The van der Waals surface area contributed by atoms with E-state index in [4.69, 9.17) is 11.6 Å². The maximum atomic E-state index is 13.2. The Balaban J connectivity index is 2.23. The second kappa shape index (κ2) is 11.0. The molecule has 0 amide bonds. The predicted octanol–water partition coefficient (Wildman–Crippen LogP) is 6.27. The number of hydrogen-bond acceptors (Lipinski definition) is 1. The van der Waals surface area contributed by atoms with Gasteiger partial charge in [0.15, 0.2) is 0 Å². The van der Waals surface area contributed by atoms with Crippen molar-refractivity contribution in [3.63, 3.8) is 0 Å². The van der Waals surface area contributed by atoms with Crippen LogP contribution in [0.2, 0.25) is 5.02 Å². The molecule has 1 rings (SSSR count). The van der Waals surface area contributed by atoms with Gasteiger partial charge in [-0.15, -0.1) is 0 Å². The molecule has 21 heavy (non-hydrogen) atoms. The Hall–Kier alpha value is -0.600. The molecule has 0 aliphatic heterocycles. The van der Waals surface area contributed by atoms with Crippen molar-refractivity contribution in [2.75, 3.05) is 7.05 Å². The SMILES string of the molecule is CCCCCCCCCCC(NC)c1ccc(F)c(Cl)c1. The fourth-order valence-electron chi connectivity index (χ4n) is 2.69. The van der Waals surface area contributed by atoms with Crippen LogP contribution in [0.4, 0.5) is 4.39 Å². The van der Waals surface area contributed by atoms with E-state index in [0.717, 1.165) is 12.0 Å². The molecule has 120 valence electrons. The molecule has 1 aromatic rings. The first-order valence-corrected chi connectivity index (χ1v) is 8.69. The Labute approximate surface area is 134 Å². The third-order valence-electron chi connectivity index (χ3n) is 4.04. The summed E-state index contributed by atoms with van der Waals surface area (Å²) in [7, 11) is 1.95. The summed E-state index contributed by atoms with van der Waals surface area (Å²) in [5, 5.41) is 3.51. The minimum atomic E-state index is -0.345. The number of rotatable bonds is 11. The molecule has 1 atom stereocenters. The Morgan fingerprint density at radius 1 is 1.05 bits per heavy atom. The van der Waals surface area contributed by atoms with Gasteiger partial charge >= 0.3 is 0 Å². The summed E-state index contributed by atoms with van der Waals surface area (Å²) in [5.41, 5.74) is 1.08. The molecule has 0 radical (unpaired) electrons. The first-order chi connectivity index (χ1) is 10.2. The highest BCUT2D eigenvalue weighted by Crippen LogP contribution is 2.24. The fourth-order valence-corrected chi connectivity index (χ4v) is 2.88. The van der Waals surface area contributed by atoms with E-state index in [9.17, 15) is 4.39 Å². The lowest BCUT2D eigenvalue weighted by Crippen LogP contribution is -2.16. The van der Waals surface area contributed by atoms with E-state index in [0.29, 0.717) is 0 Å². The summed E-state index contributed by atoms with van der Waals surface area (Å²) >= 11 is 5.86. The lowest BCUT2D eigenvalue weighted by Gasteiger charge is -2.17. The minimum absolute atomic E-state index is 0.212. The van der Waals surface area contributed by atoms with Crippen LogP contribution in [0.15, 0.2) is 18.2 Å². The van der Waals surface area contributed by atoms with Crippen LogP contribution in [0.1, 0.15) is 76.3 Å². The number of nitrogens with one attached hydrogen (secondary N) is 1. The van der Waals surface area contributed by atoms with Crippen LogP contribution in [0, 0.1) is 5.82 Å². The quantitative estimate of drug-likeness (QED) is 0.475. The fraction of sp³-hybridized carbons (Fsp3) is 0.667. The van der Waals surface area contributed by atoms with Gasteiger partial charge < -0.3 is 5.32 Å². The minimum Gasteiger partial charge on any atom is -0.313 e. The van der Waals surface area contributed by atoms with Crippen LogP contribution in [-0.2, 0) is 0 Å². The molecule has 1 aromatic carbocycles. The third kappa shape index (κ3) is 7.28. The van der Waals surface area contributed by atoms with Crippen molar-refractivity contribution in [1.82, 2.24) is 5.32 Å². The zero-order valence-corrected chi connectivity index (χ0v) is 14.2. The van der Waals surface area contributed by atoms with Gasteiger partial charge in [0.25, 0.3) is 0 Å². The van der Waals surface area contributed by atoms with Gasteiger partial charge in [-0.3, -0.25) is 0 Å². The Bertz CT molecular complexity index is 395. The molecule has 0 aromatic heterocycles. The summed E-state index contributed by atoms with van der Waals surface area (Å²) < 4.78 is 13.2. The normalized spacial score (nSPS) is 12.6. The van der Waals surface area contributed by atoms with Crippen LogP contribution in [0.5, 0.6) is 0 Å². The molecular formula is C18H29ClFN. The van der Waals surface area contributed by atoms with Crippen LogP contribution < -0.4 is 5.32 Å². The van der Waals surface area contributed by atoms with Gasteiger partial charge in [-0.1, -0.05) is 76.0 Å². The molecule has 0 saturated heterocycles. The third-order valence-corrected chi connectivity index (χ3v) is 4.33. The van der Waals surface area contributed by atoms with E-state index in [1.54, 1.807) is 6.07 Å². The molecule has 0 spiro atoms. The standard InChI is InChI=1S/C18H29ClFN/c1-3-4-5-6-7-8-9-10-11-18(21-2)15-12-13-17(20)16(19)14-15/h12-14,18,21H,3-11H2,1-2H3. The van der Waals surface area contributed by atoms with Crippen molar-refractivity contribution in [2.24, 2.45) is 0 Å². The van der Waals surface area contributed by atoms with Crippen molar-refractivity contribution in [1.29, 1.82) is 0 Å². The zero-order chi connectivity index (χ0) is 15.5. The molecule has 0 bridgehead atoms. The van der Waals surface area contributed by atoms with Crippen LogP contribution in [0.25, 0.3) is 0 Å². The summed E-state index contributed by atoms with van der Waals surface area (Å²) in [6, 6.07) is 5.29. The molecule has 0 aliphatic carbocycles. The highest BCUT2D eigenvalue weighted by molar-refractivity contribution is 6.30. The molecule has 1 unspecified atom stereocenters. The van der Waals surface area contributed by atoms with Gasteiger partial charge in [0.05, 0.1) is 5.02 Å². The van der Waals surface area contributed by atoms with E-state index in [2.05, 4.69) is 12.2 Å². The first-order valence-electron chi connectivity index (χ1n) is 8.31. The monoisotopic (exact) mass is 313 g/mol. The molecule has 0 fully saturated rings. The number of unbranched alkanes of at least 4 members (excludes halogenated alkanes) is 7. The van der Waals surface area contributed by atoms with Crippen molar-refractivity contribution in [3.05, 3.63) is 34.6 Å². The van der Waals surface area contributed by atoms with E-state index >= 15 is 0 Å². The summed E-state index contributed by atoms with van der Waals surface area (Å²) in [6.45, 7) is 2.25. The van der Waals surface area contributed by atoms with Crippen LogP contribution in [0.3, 0.4) is 0 Å². The highest BCUT2D eigenvalue weighted by Gasteiger charge is 2.10. The van der Waals surface area contributed by atoms with Crippen molar-refractivity contribution in [2.45, 2.75) is 70.8 Å². The van der Waals surface area contributed by atoms with Crippen molar-refractivity contribution in [3.8, 4) is 0 Å². The van der Waals surface area contributed by atoms with Gasteiger partial charge in [0, 0.05) is 6.04 Å². The Kier molecular flexibility index (Phi) is 9.69. The predicted molar refractivity (Wildman–Crippen MR) is 90.4 cm³/mol. The largest absolute Gasteiger partial charge is 0.313 e. The molecule has 1 N–H and O–H groups in total. The first kappa shape index (κ1) is 18.4. The maximum Gasteiger partial charge on any atom is 0.141 e. The molecular weight excluding hydrogens is 285 g/mol. The van der Waals surface area contributed by atoms with Crippen molar-refractivity contribution < 1.29 is 4.39 Å². The van der Waals surface area contributed by atoms with E-state index < -0.39 is 0 Å². The van der Waals surface area contributed by atoms with E-state index in [-0.39, 0.29) is 16.9 Å². The van der Waals surface area contributed by atoms with Crippen LogP contribution in [-0.4, -0.2) is 7.05 Å². The van der Waals surface area contributed by atoms with Crippen molar-refractivity contribution >= 4 is 11.6 Å². The van der Waals surface area contributed by atoms with Gasteiger partial charge in [-0.2, -0.15) is 0 Å². The maximum absolute atomic E-state index is 13.2. The second-order valence-electron chi connectivity index (χ2n) is 5.78. The Morgan fingerprint density at radius 2 is 1.67 bits per heavy atom. The van der Waals surface area contributed by atoms with Gasteiger partial charge in [0.1, 0.15) is 5.82 Å². The molecule has 0 aliphatic rings. The number of hydrogen-bond donors (Lipinski definition) is 1. The smallest absolute Gasteiger partial charge is 0.141 e. The molecule has 1 nitrogen and oxygen atoms in total. The number of halogens is 2. The van der Waals surface area contributed by atoms with Gasteiger partial charge in [-0.05, 0) is 31.2 Å². The summed E-state index contributed by atoms with van der Waals surface area (Å²) in [5.74, 6) is -0.345. The topological polar surface area (TPSA) is 12.0 Å². The average Bonchev–Trinajstić information content (AvgIpc) is 2.49. The average molecular weight is 314 g/mol. The second-order valence-corrected chi connectivity index (χ2v) is 6.19. The molecule has 3 heteroatoms. The number of benzene rings is 1. The lowest BCUT2D eigenvalue weighted by atomic mass is 9.99. The van der Waals surface area contributed by atoms with Gasteiger partial charge in [0.2, 0.25) is 0 Å². The molecule has 0 heterocycles. The van der Waals surface area contributed by atoms with E-state index in [1.165, 1.54) is 57.4 Å². The molecule has 0 saturated carbocycles. The zero-order valence-electron chi connectivity index (χ0n) is 13.4. The highest BCUT2D eigenvalue weighted by atomic mass is 35.5. The van der Waals surface area contributed by atoms with Gasteiger partial charge in [-0.25, -0.2) is 4.39 Å². The van der Waals surface area contributed by atoms with E-state index in [1.807, 2.05) is 13.1 Å². The van der Waals surface area contributed by atoms with Crippen LogP contribution >= 0.6 is 11.6 Å².